The van der Waals surface area contributed by atoms with Crippen LogP contribution in [0.2, 0.25) is 0 Å². The maximum absolute atomic E-state index is 12.2. The summed E-state index contributed by atoms with van der Waals surface area (Å²) in [6.45, 7) is 1.66. The summed E-state index contributed by atoms with van der Waals surface area (Å²) in [6.07, 6.45) is 0. The predicted octanol–water partition coefficient (Wildman–Crippen LogP) is 2.66. The van der Waals surface area contributed by atoms with E-state index in [9.17, 15) is 4.79 Å². The van der Waals surface area contributed by atoms with Gasteiger partial charge in [-0.3, -0.25) is 0 Å². The van der Waals surface area contributed by atoms with Gasteiger partial charge >= 0.3 is 5.69 Å². The van der Waals surface area contributed by atoms with E-state index < -0.39 is 0 Å². The van der Waals surface area contributed by atoms with E-state index >= 15 is 0 Å². The van der Waals surface area contributed by atoms with E-state index in [1.165, 1.54) is 4.57 Å². The number of para-hydroxylation sites is 1. The van der Waals surface area contributed by atoms with Crippen molar-refractivity contribution in [2.75, 3.05) is 0 Å². The lowest BCUT2D eigenvalue weighted by molar-refractivity contribution is 0.482. The van der Waals surface area contributed by atoms with Gasteiger partial charge in [-0.2, -0.15) is 15.0 Å². The van der Waals surface area contributed by atoms with Crippen molar-refractivity contribution in [2.24, 2.45) is 0 Å². The summed E-state index contributed by atoms with van der Waals surface area (Å²) in [4.78, 5) is 12.2. The molecule has 0 amide bonds. The van der Waals surface area contributed by atoms with Gasteiger partial charge in [0.1, 0.15) is 23.9 Å². The van der Waals surface area contributed by atoms with Gasteiger partial charge < -0.3 is 4.74 Å². The molecule has 0 fully saturated rings. The van der Waals surface area contributed by atoms with Crippen molar-refractivity contribution in [3.05, 3.63) is 70.9 Å². The van der Waals surface area contributed by atoms with Crippen LogP contribution in [0.15, 0.2) is 59.4 Å². The molecule has 6 nitrogen and oxygen atoms in total. The molecule has 0 aliphatic carbocycles. The lowest BCUT2D eigenvalue weighted by atomic mass is 10.3. The van der Waals surface area contributed by atoms with Gasteiger partial charge in [-0.15, -0.1) is 0 Å². The van der Waals surface area contributed by atoms with Crippen molar-refractivity contribution in [3.63, 3.8) is 0 Å². The van der Waals surface area contributed by atoms with E-state index in [1.54, 1.807) is 31.2 Å². The van der Waals surface area contributed by atoms with Gasteiger partial charge in [0, 0.05) is 0 Å². The summed E-state index contributed by atoms with van der Waals surface area (Å²) in [5.74, 6) is 1.95. The van der Waals surface area contributed by atoms with Crippen LogP contribution in [0.3, 0.4) is 0 Å². The molecule has 114 valence electrons. The van der Waals surface area contributed by atoms with Crippen LogP contribution in [0.25, 0.3) is 5.69 Å². The first-order valence-corrected chi connectivity index (χ1v) is 7.06. The fraction of sp³-hybridized carbons (Fsp3) is 0.118. The molecule has 0 aliphatic rings. The molecule has 0 N–H and O–H groups in total. The van der Waals surface area contributed by atoms with Gasteiger partial charge in [-0.25, -0.2) is 9.36 Å². The van der Waals surface area contributed by atoms with E-state index in [4.69, 9.17) is 10.00 Å². The van der Waals surface area contributed by atoms with Gasteiger partial charge in [0.05, 0.1) is 11.8 Å². The zero-order valence-electron chi connectivity index (χ0n) is 12.5. The summed E-state index contributed by atoms with van der Waals surface area (Å²) >= 11 is 0. The van der Waals surface area contributed by atoms with Crippen LogP contribution in [0.5, 0.6) is 11.5 Å². The standard InChI is InChI=1S/C17H14N4O2/c1-13-19-20(12-11-18)17(22)21(13)14-7-9-16(10-8-14)23-15-5-3-2-4-6-15/h2-10H,12H2,1H3. The first kappa shape index (κ1) is 14.6. The Kier molecular flexibility index (Phi) is 3.93. The molecule has 3 rings (SSSR count). The predicted molar refractivity (Wildman–Crippen MR) is 84.7 cm³/mol. The second kappa shape index (κ2) is 6.20. The van der Waals surface area contributed by atoms with Crippen LogP contribution in [0.1, 0.15) is 5.82 Å². The molecule has 0 saturated carbocycles. The molecule has 0 atom stereocenters. The molecular weight excluding hydrogens is 292 g/mol. The third kappa shape index (κ3) is 2.99. The monoisotopic (exact) mass is 306 g/mol. The Morgan fingerprint density at radius 1 is 1.09 bits per heavy atom. The number of hydrogen-bond acceptors (Lipinski definition) is 4. The number of rotatable bonds is 4. The maximum Gasteiger partial charge on any atom is 0.351 e. The molecular formula is C17H14N4O2. The van der Waals surface area contributed by atoms with Crippen LogP contribution in [-0.4, -0.2) is 14.3 Å². The second-order valence-corrected chi connectivity index (χ2v) is 4.89. The molecule has 0 spiro atoms. The van der Waals surface area contributed by atoms with E-state index in [0.29, 0.717) is 17.3 Å². The highest BCUT2D eigenvalue weighted by Gasteiger charge is 2.11. The number of hydrogen-bond donors (Lipinski definition) is 0. The van der Waals surface area contributed by atoms with Gasteiger partial charge in [-0.05, 0) is 43.3 Å². The Bertz CT molecular complexity index is 903. The van der Waals surface area contributed by atoms with E-state index in [0.717, 1.165) is 10.4 Å². The highest BCUT2D eigenvalue weighted by atomic mass is 16.5. The van der Waals surface area contributed by atoms with Crippen LogP contribution < -0.4 is 10.4 Å². The fourth-order valence-electron chi connectivity index (χ4n) is 2.27. The average molecular weight is 306 g/mol. The Hall–Kier alpha value is -3.33. The maximum atomic E-state index is 12.2. The van der Waals surface area contributed by atoms with Gasteiger partial charge in [-0.1, -0.05) is 18.2 Å². The molecule has 0 bridgehead atoms. The summed E-state index contributed by atoms with van der Waals surface area (Å²) in [6, 6.07) is 18.5. The lowest BCUT2D eigenvalue weighted by Crippen LogP contribution is -2.23. The zero-order valence-corrected chi connectivity index (χ0v) is 12.5. The van der Waals surface area contributed by atoms with Crippen molar-refractivity contribution in [2.45, 2.75) is 13.5 Å². The first-order valence-electron chi connectivity index (χ1n) is 7.06. The Morgan fingerprint density at radius 2 is 1.74 bits per heavy atom. The quantitative estimate of drug-likeness (QED) is 0.743. The van der Waals surface area contributed by atoms with Gasteiger partial charge in [0.15, 0.2) is 0 Å². The number of ether oxygens (including phenoxy) is 1. The molecule has 2 aromatic carbocycles. The summed E-state index contributed by atoms with van der Waals surface area (Å²) in [7, 11) is 0. The smallest absolute Gasteiger partial charge is 0.351 e. The van der Waals surface area contributed by atoms with Crippen molar-refractivity contribution >= 4 is 0 Å². The minimum Gasteiger partial charge on any atom is -0.457 e. The second-order valence-electron chi connectivity index (χ2n) is 4.89. The van der Waals surface area contributed by atoms with Crippen LogP contribution in [-0.2, 0) is 6.54 Å². The topological polar surface area (TPSA) is 72.8 Å². The van der Waals surface area contributed by atoms with Crippen molar-refractivity contribution in [3.8, 4) is 23.3 Å². The minimum atomic E-state index is -0.333. The van der Waals surface area contributed by atoms with E-state index in [2.05, 4.69) is 5.10 Å². The Balaban J connectivity index is 1.88. The highest BCUT2D eigenvalue weighted by Crippen LogP contribution is 2.22. The number of aromatic nitrogens is 3. The van der Waals surface area contributed by atoms with Crippen LogP contribution in [0, 0.1) is 18.3 Å². The van der Waals surface area contributed by atoms with Crippen molar-refractivity contribution < 1.29 is 4.74 Å². The zero-order chi connectivity index (χ0) is 16.2. The normalized spacial score (nSPS) is 10.3. The molecule has 1 heterocycles. The Labute approximate surface area is 132 Å². The molecule has 0 saturated heterocycles. The first-order chi connectivity index (χ1) is 11.2. The van der Waals surface area contributed by atoms with Crippen molar-refractivity contribution in [1.82, 2.24) is 14.3 Å². The molecule has 0 unspecified atom stereocenters. The Morgan fingerprint density at radius 3 is 2.39 bits per heavy atom. The third-order valence-electron chi connectivity index (χ3n) is 3.30. The van der Waals surface area contributed by atoms with E-state index in [1.807, 2.05) is 36.4 Å². The fourth-order valence-corrected chi connectivity index (χ4v) is 2.27. The van der Waals surface area contributed by atoms with E-state index in [-0.39, 0.29) is 12.2 Å². The number of nitriles is 1. The molecule has 1 aromatic heterocycles. The summed E-state index contributed by atoms with van der Waals surface area (Å²) in [5.41, 5.74) is 0.345. The highest BCUT2D eigenvalue weighted by molar-refractivity contribution is 5.40. The number of aryl methyl sites for hydroxylation is 1. The molecule has 23 heavy (non-hydrogen) atoms. The average Bonchev–Trinajstić information content (AvgIpc) is 2.84. The van der Waals surface area contributed by atoms with Gasteiger partial charge in [0.25, 0.3) is 0 Å². The SMILES string of the molecule is Cc1nn(CC#N)c(=O)n1-c1ccc(Oc2ccccc2)cc1. The third-order valence-corrected chi connectivity index (χ3v) is 3.30. The largest absolute Gasteiger partial charge is 0.457 e. The molecule has 6 heteroatoms. The molecule has 0 aliphatic heterocycles. The number of benzene rings is 2. The number of nitrogens with zero attached hydrogens (tertiary/aromatic N) is 4. The lowest BCUT2D eigenvalue weighted by Gasteiger charge is -2.07. The van der Waals surface area contributed by atoms with Crippen LogP contribution >= 0.6 is 0 Å². The van der Waals surface area contributed by atoms with Crippen molar-refractivity contribution in [1.29, 1.82) is 5.26 Å². The minimum absolute atomic E-state index is 0.0676. The molecule has 3 aromatic rings. The molecule has 0 radical (unpaired) electrons. The summed E-state index contributed by atoms with van der Waals surface area (Å²) < 4.78 is 8.33. The van der Waals surface area contributed by atoms with Gasteiger partial charge in [0.2, 0.25) is 0 Å². The summed E-state index contributed by atoms with van der Waals surface area (Å²) in [5, 5.41) is 12.8. The van der Waals surface area contributed by atoms with Crippen LogP contribution in [0.4, 0.5) is 0 Å².